The minimum absolute atomic E-state index is 0.0254. The van der Waals surface area contributed by atoms with Crippen molar-refractivity contribution in [3.63, 3.8) is 0 Å². The second-order valence-electron chi connectivity index (χ2n) is 7.24. The van der Waals surface area contributed by atoms with Crippen LogP contribution in [0, 0.1) is 0 Å². The highest BCUT2D eigenvalue weighted by molar-refractivity contribution is 5.77. The maximum absolute atomic E-state index is 12.9. The Balaban J connectivity index is 1.65. The summed E-state index contributed by atoms with van der Waals surface area (Å²) in [7, 11) is 0. The molecule has 0 aliphatic rings. The van der Waals surface area contributed by atoms with Gasteiger partial charge in [-0.1, -0.05) is 68.3 Å². The third kappa shape index (κ3) is 6.53. The third-order valence-corrected chi connectivity index (χ3v) is 4.96. The van der Waals surface area contributed by atoms with E-state index in [1.165, 1.54) is 5.56 Å². The van der Waals surface area contributed by atoms with Crippen molar-refractivity contribution in [3.05, 3.63) is 90.3 Å². The van der Waals surface area contributed by atoms with Gasteiger partial charge in [-0.2, -0.15) is 0 Å². The zero-order chi connectivity index (χ0) is 20.3. The highest BCUT2D eigenvalue weighted by atomic mass is 16.5. The van der Waals surface area contributed by atoms with Crippen LogP contribution < -0.4 is 4.74 Å². The zero-order valence-electron chi connectivity index (χ0n) is 17.2. The number of carbonyl (C=O) groups is 1. The fraction of sp³-hybridized carbons (Fsp3) is 0.320. The van der Waals surface area contributed by atoms with Crippen molar-refractivity contribution < 1.29 is 9.53 Å². The molecule has 3 aromatic rings. The first-order valence-corrected chi connectivity index (χ1v) is 10.4. The van der Waals surface area contributed by atoms with Gasteiger partial charge in [0.05, 0.1) is 6.54 Å². The Morgan fingerprint density at radius 1 is 0.931 bits per heavy atom. The lowest BCUT2D eigenvalue weighted by molar-refractivity contribution is -0.134. The zero-order valence-corrected chi connectivity index (χ0v) is 17.2. The van der Waals surface area contributed by atoms with Crippen LogP contribution in [-0.2, 0) is 17.9 Å². The first-order valence-electron chi connectivity index (χ1n) is 10.4. The van der Waals surface area contributed by atoms with E-state index in [-0.39, 0.29) is 12.5 Å². The van der Waals surface area contributed by atoms with E-state index in [1.54, 1.807) is 0 Å². The van der Waals surface area contributed by atoms with Gasteiger partial charge in [-0.3, -0.25) is 4.79 Å². The van der Waals surface area contributed by atoms with Gasteiger partial charge in [0.2, 0.25) is 0 Å². The maximum atomic E-state index is 12.9. The fourth-order valence-corrected chi connectivity index (χ4v) is 3.32. The van der Waals surface area contributed by atoms with Gasteiger partial charge in [-0.25, -0.2) is 0 Å². The quantitative estimate of drug-likeness (QED) is 0.425. The van der Waals surface area contributed by atoms with Crippen molar-refractivity contribution in [1.82, 2.24) is 9.47 Å². The van der Waals surface area contributed by atoms with Gasteiger partial charge in [0.1, 0.15) is 5.75 Å². The molecule has 0 N–H and O–H groups in total. The van der Waals surface area contributed by atoms with Crippen LogP contribution in [0.4, 0.5) is 0 Å². The first-order chi connectivity index (χ1) is 14.3. The highest BCUT2D eigenvalue weighted by Gasteiger charge is 2.16. The lowest BCUT2D eigenvalue weighted by atomic mass is 10.2. The minimum Gasteiger partial charge on any atom is -0.484 e. The van der Waals surface area contributed by atoms with Crippen molar-refractivity contribution in [3.8, 4) is 5.75 Å². The van der Waals surface area contributed by atoms with Gasteiger partial charge in [-0.05, 0) is 36.2 Å². The number of benzene rings is 2. The maximum Gasteiger partial charge on any atom is 0.260 e. The van der Waals surface area contributed by atoms with Crippen molar-refractivity contribution in [1.29, 1.82) is 0 Å². The number of hydrogen-bond acceptors (Lipinski definition) is 2. The van der Waals surface area contributed by atoms with Crippen LogP contribution in [0.15, 0.2) is 79.0 Å². The molecule has 2 aromatic carbocycles. The molecule has 0 aliphatic carbocycles. The molecule has 3 rings (SSSR count). The van der Waals surface area contributed by atoms with Gasteiger partial charge in [-0.15, -0.1) is 0 Å². The van der Waals surface area contributed by atoms with E-state index in [0.29, 0.717) is 6.54 Å². The van der Waals surface area contributed by atoms with Crippen LogP contribution >= 0.6 is 0 Å². The predicted molar refractivity (Wildman–Crippen MR) is 117 cm³/mol. The molecule has 0 aliphatic heterocycles. The molecule has 4 nitrogen and oxygen atoms in total. The summed E-state index contributed by atoms with van der Waals surface area (Å²) in [5, 5.41) is 0. The monoisotopic (exact) mass is 390 g/mol. The fourth-order valence-electron chi connectivity index (χ4n) is 3.32. The molecule has 0 radical (unpaired) electrons. The summed E-state index contributed by atoms with van der Waals surface area (Å²) in [6, 6.07) is 24.1. The lowest BCUT2D eigenvalue weighted by Crippen LogP contribution is -2.36. The average molecular weight is 391 g/mol. The summed E-state index contributed by atoms with van der Waals surface area (Å²) in [5.74, 6) is 0.749. The molecule has 1 heterocycles. The minimum atomic E-state index is 0.0254. The van der Waals surface area contributed by atoms with Crippen molar-refractivity contribution >= 4 is 5.91 Å². The number of hydrogen-bond donors (Lipinski definition) is 0. The summed E-state index contributed by atoms with van der Waals surface area (Å²) in [5.41, 5.74) is 2.39. The van der Waals surface area contributed by atoms with E-state index in [1.807, 2.05) is 47.4 Å². The molecule has 0 fully saturated rings. The Labute approximate surface area is 173 Å². The van der Waals surface area contributed by atoms with Crippen LogP contribution in [-0.4, -0.2) is 28.5 Å². The van der Waals surface area contributed by atoms with Crippen molar-refractivity contribution in [2.24, 2.45) is 0 Å². The number of para-hydroxylation sites is 1. The Morgan fingerprint density at radius 2 is 1.66 bits per heavy atom. The van der Waals surface area contributed by atoms with Gasteiger partial charge in [0.15, 0.2) is 6.61 Å². The highest BCUT2D eigenvalue weighted by Crippen LogP contribution is 2.13. The molecule has 29 heavy (non-hydrogen) atoms. The van der Waals surface area contributed by atoms with E-state index >= 15 is 0 Å². The van der Waals surface area contributed by atoms with E-state index in [4.69, 9.17) is 4.74 Å². The van der Waals surface area contributed by atoms with Gasteiger partial charge < -0.3 is 14.2 Å². The molecule has 1 amide bonds. The standard InChI is InChI=1S/C25H30N2O2/c1-2-3-10-17-27(25(28)21-29-24-15-8-5-9-16-24)20-23-14-11-18-26(23)19-22-12-6-4-7-13-22/h4-9,11-16,18H,2-3,10,17,19-21H2,1H3. The number of aromatic nitrogens is 1. The molecule has 0 unspecified atom stereocenters. The second-order valence-corrected chi connectivity index (χ2v) is 7.24. The summed E-state index contributed by atoms with van der Waals surface area (Å²) in [6.45, 7) is 4.40. The number of rotatable bonds is 11. The molecule has 152 valence electrons. The average Bonchev–Trinajstić information content (AvgIpc) is 3.19. The van der Waals surface area contributed by atoms with E-state index in [2.05, 4.69) is 48.0 Å². The summed E-state index contributed by atoms with van der Waals surface area (Å²) < 4.78 is 7.92. The van der Waals surface area contributed by atoms with Crippen LogP contribution in [0.25, 0.3) is 0 Å². The summed E-state index contributed by atoms with van der Waals surface area (Å²) >= 11 is 0. The largest absolute Gasteiger partial charge is 0.484 e. The second kappa shape index (κ2) is 11.1. The Morgan fingerprint density at radius 3 is 2.38 bits per heavy atom. The van der Waals surface area contributed by atoms with Crippen molar-refractivity contribution in [2.75, 3.05) is 13.2 Å². The molecule has 0 spiro atoms. The third-order valence-electron chi connectivity index (χ3n) is 4.96. The number of unbranched alkanes of at least 4 members (excludes halogenated alkanes) is 2. The molecule has 1 aromatic heterocycles. The molecular weight excluding hydrogens is 360 g/mol. The van der Waals surface area contributed by atoms with Gasteiger partial charge in [0.25, 0.3) is 5.91 Å². The number of carbonyl (C=O) groups excluding carboxylic acids is 1. The molecule has 0 atom stereocenters. The van der Waals surface area contributed by atoms with Crippen LogP contribution in [0.1, 0.15) is 37.4 Å². The Kier molecular flexibility index (Phi) is 7.93. The smallest absolute Gasteiger partial charge is 0.260 e. The number of amides is 1. The topological polar surface area (TPSA) is 34.5 Å². The summed E-state index contributed by atoms with van der Waals surface area (Å²) in [6.07, 6.45) is 5.34. The van der Waals surface area contributed by atoms with E-state index < -0.39 is 0 Å². The Bertz CT molecular complexity index is 859. The number of nitrogens with zero attached hydrogens (tertiary/aromatic N) is 2. The SMILES string of the molecule is CCCCCN(Cc1cccn1Cc1ccccc1)C(=O)COc1ccccc1. The lowest BCUT2D eigenvalue weighted by Gasteiger charge is -2.24. The van der Waals surface area contributed by atoms with Crippen molar-refractivity contribution in [2.45, 2.75) is 39.3 Å². The number of ether oxygens (including phenoxy) is 1. The summed E-state index contributed by atoms with van der Waals surface area (Å²) in [4.78, 5) is 14.8. The normalized spacial score (nSPS) is 10.7. The van der Waals surface area contributed by atoms with Gasteiger partial charge >= 0.3 is 0 Å². The van der Waals surface area contributed by atoms with Crippen LogP contribution in [0.2, 0.25) is 0 Å². The van der Waals surface area contributed by atoms with Crippen LogP contribution in [0.5, 0.6) is 5.75 Å². The Hall–Kier alpha value is -3.01. The molecule has 0 saturated heterocycles. The van der Waals surface area contributed by atoms with Crippen LogP contribution in [0.3, 0.4) is 0 Å². The molecule has 4 heteroatoms. The molecule has 0 bridgehead atoms. The van der Waals surface area contributed by atoms with E-state index in [9.17, 15) is 4.79 Å². The molecular formula is C25H30N2O2. The van der Waals surface area contributed by atoms with E-state index in [0.717, 1.165) is 43.8 Å². The molecule has 0 saturated carbocycles. The van der Waals surface area contributed by atoms with Gasteiger partial charge in [0, 0.05) is 25.0 Å². The predicted octanol–water partition coefficient (Wildman–Crippen LogP) is 5.13. The first kappa shape index (κ1) is 20.7.